The fourth-order valence-electron chi connectivity index (χ4n) is 6.09. The van der Waals surface area contributed by atoms with Crippen molar-refractivity contribution in [1.29, 1.82) is 0 Å². The number of fused-ring (bicyclic) bond motifs is 4. The van der Waals surface area contributed by atoms with Crippen molar-refractivity contribution in [3.8, 4) is 22.8 Å². The Morgan fingerprint density at radius 1 is 1.14 bits per heavy atom. The van der Waals surface area contributed by atoms with E-state index in [1.54, 1.807) is 6.20 Å². The molecule has 11 heteroatoms. The number of nitrogens with zero attached hydrogens (tertiary/aromatic N) is 4. The van der Waals surface area contributed by atoms with E-state index in [4.69, 9.17) is 0 Å². The molecule has 3 aliphatic carbocycles. The molecule has 4 heterocycles. The van der Waals surface area contributed by atoms with Crippen LogP contribution >= 0.6 is 11.8 Å². The molecule has 4 aromatic heterocycles. The first-order chi connectivity index (χ1) is 17.4. The van der Waals surface area contributed by atoms with Gasteiger partial charge in [0.2, 0.25) is 0 Å². The number of hydrogen-bond acceptors (Lipinski definition) is 6. The number of aliphatic carboxylic acids is 1. The van der Waals surface area contributed by atoms with Gasteiger partial charge in [-0.05, 0) is 62.2 Å². The molecule has 3 fully saturated rings. The number of aromatic nitrogens is 6. The molecule has 3 aliphatic rings. The van der Waals surface area contributed by atoms with Crippen molar-refractivity contribution in [2.45, 2.75) is 37.3 Å². The Morgan fingerprint density at radius 2 is 1.92 bits per heavy atom. The summed E-state index contributed by atoms with van der Waals surface area (Å²) in [7, 11) is 0. The number of carboxylic acid groups (broad SMARTS) is 1. The van der Waals surface area contributed by atoms with E-state index in [-0.39, 0.29) is 41.4 Å². The van der Waals surface area contributed by atoms with Crippen LogP contribution in [0.1, 0.15) is 31.4 Å². The first-order valence-electron chi connectivity index (χ1n) is 11.9. The molecule has 0 radical (unpaired) electrons. The summed E-state index contributed by atoms with van der Waals surface area (Å²) in [6.07, 6.45) is 10.0. The molecule has 186 valence electrons. The lowest BCUT2D eigenvalue weighted by Crippen LogP contribution is -2.45. The molecule has 0 saturated heterocycles. The van der Waals surface area contributed by atoms with E-state index in [0.29, 0.717) is 27.4 Å². The zero-order valence-electron chi connectivity index (χ0n) is 19.5. The van der Waals surface area contributed by atoms with Gasteiger partial charge < -0.3 is 15.1 Å². The molecular formula is C25H24F2N6O2S. The molecule has 0 amide bonds. The number of imidazole rings is 1. The number of carboxylic acids is 1. The first kappa shape index (κ1) is 23.1. The summed E-state index contributed by atoms with van der Waals surface area (Å²) in [5, 5.41) is 11.1. The quantitative estimate of drug-likeness (QED) is 0.309. The van der Waals surface area contributed by atoms with Crippen molar-refractivity contribution in [3.63, 3.8) is 0 Å². The van der Waals surface area contributed by atoms with Gasteiger partial charge in [-0.25, -0.2) is 28.7 Å². The molecule has 36 heavy (non-hydrogen) atoms. The largest absolute Gasteiger partial charge is 0.481 e. The van der Waals surface area contributed by atoms with Crippen LogP contribution in [0.2, 0.25) is 0 Å². The van der Waals surface area contributed by atoms with Crippen molar-refractivity contribution in [1.82, 2.24) is 29.9 Å². The SMILES string of the molecule is CSc1ncc(-c2nc(-c3c[nH]c4ncc(F)cc34)nc(CC3C4CCC(CC4)C3C(=O)O)c2F)[nH]1. The summed E-state index contributed by atoms with van der Waals surface area (Å²) < 4.78 is 30.0. The summed E-state index contributed by atoms with van der Waals surface area (Å²) in [5.41, 5.74) is 1.56. The number of carbonyl (C=O) groups is 1. The Balaban J connectivity index is 1.49. The number of thioether (sulfide) groups is 1. The smallest absolute Gasteiger partial charge is 0.307 e. The maximum atomic E-state index is 16.0. The number of pyridine rings is 1. The molecule has 4 aromatic rings. The lowest BCUT2D eigenvalue weighted by molar-refractivity contribution is -0.152. The molecule has 0 aromatic carbocycles. The topological polar surface area (TPSA) is 120 Å². The van der Waals surface area contributed by atoms with Crippen molar-refractivity contribution < 1.29 is 18.7 Å². The molecule has 0 spiro atoms. The second kappa shape index (κ2) is 8.95. The third kappa shape index (κ3) is 3.85. The normalized spacial score (nSPS) is 23.4. The summed E-state index contributed by atoms with van der Waals surface area (Å²) in [4.78, 5) is 35.7. The van der Waals surface area contributed by atoms with Crippen molar-refractivity contribution >= 4 is 28.8 Å². The van der Waals surface area contributed by atoms with Crippen molar-refractivity contribution in [2.75, 3.05) is 6.26 Å². The molecule has 2 atom stereocenters. The van der Waals surface area contributed by atoms with Crippen molar-refractivity contribution in [3.05, 3.63) is 42.0 Å². The lowest BCUT2D eigenvalue weighted by Gasteiger charge is -2.46. The van der Waals surface area contributed by atoms with E-state index in [0.717, 1.165) is 31.9 Å². The molecule has 0 aliphatic heterocycles. The van der Waals surface area contributed by atoms with Crippen LogP contribution in [-0.2, 0) is 11.2 Å². The minimum Gasteiger partial charge on any atom is -0.481 e. The predicted molar refractivity (Wildman–Crippen MR) is 130 cm³/mol. The van der Waals surface area contributed by atoms with Crippen LogP contribution in [0.25, 0.3) is 33.8 Å². The summed E-state index contributed by atoms with van der Waals surface area (Å²) in [5.74, 6) is -2.09. The van der Waals surface area contributed by atoms with Gasteiger partial charge in [0.05, 0.1) is 29.7 Å². The van der Waals surface area contributed by atoms with Crippen LogP contribution in [0.5, 0.6) is 0 Å². The second-order valence-electron chi connectivity index (χ2n) is 9.62. The van der Waals surface area contributed by atoms with Gasteiger partial charge in [0, 0.05) is 17.1 Å². The highest BCUT2D eigenvalue weighted by Crippen LogP contribution is 2.50. The molecule has 3 saturated carbocycles. The zero-order valence-corrected chi connectivity index (χ0v) is 20.3. The number of aromatic amines is 2. The van der Waals surface area contributed by atoms with Crippen LogP contribution in [0.15, 0.2) is 29.8 Å². The van der Waals surface area contributed by atoms with E-state index in [9.17, 15) is 14.3 Å². The van der Waals surface area contributed by atoms with E-state index >= 15 is 4.39 Å². The maximum Gasteiger partial charge on any atom is 0.307 e. The van der Waals surface area contributed by atoms with Crippen LogP contribution in [-0.4, -0.2) is 47.2 Å². The molecule has 7 rings (SSSR count). The zero-order chi connectivity index (χ0) is 25.0. The van der Waals surface area contributed by atoms with E-state index in [1.165, 1.54) is 24.0 Å². The van der Waals surface area contributed by atoms with Gasteiger partial charge in [-0.3, -0.25) is 4.79 Å². The number of H-pyrrole nitrogens is 2. The molecular weight excluding hydrogens is 486 g/mol. The van der Waals surface area contributed by atoms with Gasteiger partial charge in [0.25, 0.3) is 0 Å². The van der Waals surface area contributed by atoms with Crippen molar-refractivity contribution in [2.24, 2.45) is 23.7 Å². The number of hydrogen-bond donors (Lipinski definition) is 3. The third-order valence-corrected chi connectivity index (χ3v) is 8.36. The molecule has 2 unspecified atom stereocenters. The summed E-state index contributed by atoms with van der Waals surface area (Å²) >= 11 is 1.39. The number of halogens is 2. The molecule has 3 N–H and O–H groups in total. The first-order valence-corrected chi connectivity index (χ1v) is 13.2. The summed E-state index contributed by atoms with van der Waals surface area (Å²) in [6, 6.07) is 1.34. The van der Waals surface area contributed by atoms with E-state index in [2.05, 4.69) is 29.9 Å². The highest BCUT2D eigenvalue weighted by Gasteiger charge is 2.47. The second-order valence-corrected chi connectivity index (χ2v) is 10.4. The van der Waals surface area contributed by atoms with Gasteiger partial charge in [-0.15, -0.1) is 0 Å². The van der Waals surface area contributed by atoms with E-state index < -0.39 is 23.5 Å². The Hall–Kier alpha value is -3.34. The van der Waals surface area contributed by atoms with E-state index in [1.807, 2.05) is 6.26 Å². The van der Waals surface area contributed by atoms with Crippen LogP contribution in [0.3, 0.4) is 0 Å². The van der Waals surface area contributed by atoms with Gasteiger partial charge in [0.15, 0.2) is 16.8 Å². The molecule has 2 bridgehead atoms. The predicted octanol–water partition coefficient (Wildman–Crippen LogP) is 5.09. The fourth-order valence-corrected chi connectivity index (χ4v) is 6.46. The van der Waals surface area contributed by atoms with Gasteiger partial charge in [-0.1, -0.05) is 11.8 Å². The Kier molecular flexibility index (Phi) is 5.74. The van der Waals surface area contributed by atoms with Crippen LogP contribution < -0.4 is 0 Å². The van der Waals surface area contributed by atoms with Gasteiger partial charge >= 0.3 is 5.97 Å². The number of nitrogens with one attached hydrogen (secondary N) is 2. The van der Waals surface area contributed by atoms with Crippen LogP contribution in [0, 0.1) is 35.3 Å². The monoisotopic (exact) mass is 510 g/mol. The minimum atomic E-state index is -0.819. The average molecular weight is 511 g/mol. The Labute approximate surface area is 209 Å². The van der Waals surface area contributed by atoms with Gasteiger partial charge in [-0.2, -0.15) is 0 Å². The lowest BCUT2D eigenvalue weighted by atomic mass is 9.57. The average Bonchev–Trinajstić information content (AvgIpc) is 3.53. The highest BCUT2D eigenvalue weighted by atomic mass is 32.2. The Morgan fingerprint density at radius 3 is 2.64 bits per heavy atom. The Bertz CT molecular complexity index is 1460. The van der Waals surface area contributed by atoms with Gasteiger partial charge in [0.1, 0.15) is 17.2 Å². The fraction of sp³-hybridized carbons (Fsp3) is 0.400. The maximum absolute atomic E-state index is 16.0. The highest BCUT2D eigenvalue weighted by molar-refractivity contribution is 7.98. The third-order valence-electron chi connectivity index (χ3n) is 7.76. The summed E-state index contributed by atoms with van der Waals surface area (Å²) in [6.45, 7) is 0. The number of rotatable bonds is 6. The minimum absolute atomic E-state index is 0.0503. The molecule has 8 nitrogen and oxygen atoms in total. The van der Waals surface area contributed by atoms with Crippen LogP contribution in [0.4, 0.5) is 8.78 Å². The standard InChI is InChI=1S/C25H24F2N6O2S/c1-36-25-30-10-18(32-25)21-20(27)17(7-14-11-2-4-12(5-3-11)19(14)24(34)35)31-23(33-21)16-9-29-22-15(16)6-13(26)8-28-22/h6,8-12,14,19H,2-5,7H2,1H3,(H,28,29)(H,30,32)(H,34,35).